The van der Waals surface area contributed by atoms with Crippen LogP contribution < -0.4 is 10.2 Å². The minimum absolute atomic E-state index is 0.169. The highest BCUT2D eigenvalue weighted by Crippen LogP contribution is 2.39. The standard InChI is InChI=1S/C25H18F2N4O2/c1-15-21(24-29-23(30-33-24)17-6-5-7-19(27)14-17)22(16-10-12-18(26)13-11-16)28-25(32)31(15)20-8-3-2-4-9-20/h2-14,22H,1H3,(H,28,32). The molecule has 0 bridgehead atoms. The summed E-state index contributed by atoms with van der Waals surface area (Å²) in [4.78, 5) is 19.1. The zero-order chi connectivity index (χ0) is 22.9. The summed E-state index contributed by atoms with van der Waals surface area (Å²) in [7, 11) is 0. The van der Waals surface area contributed by atoms with E-state index in [0.717, 1.165) is 0 Å². The fourth-order valence-corrected chi connectivity index (χ4v) is 3.89. The second kappa shape index (κ2) is 8.31. The Morgan fingerprint density at radius 3 is 2.42 bits per heavy atom. The van der Waals surface area contributed by atoms with Crippen LogP contribution in [0, 0.1) is 11.6 Å². The SMILES string of the molecule is CC1=C(c2nc(-c3cccc(F)c3)no2)C(c2ccc(F)cc2)NC(=O)N1c1ccccc1. The van der Waals surface area contributed by atoms with Gasteiger partial charge in [0.05, 0.1) is 17.3 Å². The Morgan fingerprint density at radius 1 is 0.939 bits per heavy atom. The molecule has 8 heteroatoms. The molecule has 1 aliphatic rings. The van der Waals surface area contributed by atoms with Gasteiger partial charge in [-0.05, 0) is 48.9 Å². The van der Waals surface area contributed by atoms with Gasteiger partial charge < -0.3 is 9.84 Å². The first kappa shape index (κ1) is 20.6. The van der Waals surface area contributed by atoms with Crippen molar-refractivity contribution in [3.63, 3.8) is 0 Å². The van der Waals surface area contributed by atoms with Gasteiger partial charge in [-0.2, -0.15) is 4.98 Å². The van der Waals surface area contributed by atoms with E-state index in [4.69, 9.17) is 4.52 Å². The summed E-state index contributed by atoms with van der Waals surface area (Å²) < 4.78 is 32.8. The highest BCUT2D eigenvalue weighted by atomic mass is 19.1. The number of carbonyl (C=O) groups excluding carboxylic acids is 1. The van der Waals surface area contributed by atoms with Crippen LogP contribution in [0.3, 0.4) is 0 Å². The topological polar surface area (TPSA) is 71.3 Å². The molecule has 0 aliphatic carbocycles. The first-order chi connectivity index (χ1) is 16.0. The lowest BCUT2D eigenvalue weighted by atomic mass is 9.94. The van der Waals surface area contributed by atoms with Crippen LogP contribution in [0.5, 0.6) is 0 Å². The normalized spacial score (nSPS) is 16.2. The van der Waals surface area contributed by atoms with E-state index in [1.807, 2.05) is 30.3 Å². The minimum Gasteiger partial charge on any atom is -0.334 e. The minimum atomic E-state index is -0.654. The molecule has 164 valence electrons. The molecule has 0 saturated heterocycles. The molecule has 0 radical (unpaired) electrons. The summed E-state index contributed by atoms with van der Waals surface area (Å²) in [5.41, 5.74) is 2.90. The van der Waals surface area contributed by atoms with E-state index in [-0.39, 0.29) is 23.6 Å². The zero-order valence-corrected chi connectivity index (χ0v) is 17.5. The van der Waals surface area contributed by atoms with Crippen LogP contribution in [0.1, 0.15) is 24.4 Å². The average Bonchev–Trinajstić information content (AvgIpc) is 3.30. The maximum Gasteiger partial charge on any atom is 0.326 e. The molecule has 2 amide bonds. The lowest BCUT2D eigenvalue weighted by Gasteiger charge is -2.35. The fourth-order valence-electron chi connectivity index (χ4n) is 3.89. The molecular weight excluding hydrogens is 426 g/mol. The van der Waals surface area contributed by atoms with Crippen LogP contribution in [0.4, 0.5) is 19.3 Å². The van der Waals surface area contributed by atoms with Crippen LogP contribution in [-0.2, 0) is 0 Å². The van der Waals surface area contributed by atoms with E-state index in [1.54, 1.807) is 31.2 Å². The predicted octanol–water partition coefficient (Wildman–Crippen LogP) is 5.72. The zero-order valence-electron chi connectivity index (χ0n) is 17.5. The maximum atomic E-state index is 13.7. The van der Waals surface area contributed by atoms with E-state index in [1.165, 1.54) is 29.2 Å². The maximum absolute atomic E-state index is 13.7. The number of aromatic nitrogens is 2. The second-order valence-corrected chi connectivity index (χ2v) is 7.54. The summed E-state index contributed by atoms with van der Waals surface area (Å²) in [5.74, 6) is -0.424. The number of rotatable bonds is 4. The van der Waals surface area contributed by atoms with Gasteiger partial charge in [0, 0.05) is 11.3 Å². The van der Waals surface area contributed by atoms with E-state index in [2.05, 4.69) is 15.5 Å². The number of urea groups is 1. The third-order valence-electron chi connectivity index (χ3n) is 5.44. The number of halogens is 2. The Balaban J connectivity index is 1.65. The molecule has 1 aliphatic heterocycles. The summed E-state index contributed by atoms with van der Waals surface area (Å²) in [5, 5.41) is 6.97. The number of hydrogen-bond donors (Lipinski definition) is 1. The molecule has 6 nitrogen and oxygen atoms in total. The molecule has 0 spiro atoms. The Hall–Kier alpha value is -4.33. The lowest BCUT2D eigenvalue weighted by molar-refractivity contribution is 0.244. The van der Waals surface area contributed by atoms with Gasteiger partial charge >= 0.3 is 6.03 Å². The quantitative estimate of drug-likeness (QED) is 0.437. The van der Waals surface area contributed by atoms with E-state index in [9.17, 15) is 13.6 Å². The number of anilines is 1. The molecule has 4 aromatic rings. The van der Waals surface area contributed by atoms with Crippen LogP contribution in [0.25, 0.3) is 17.0 Å². The van der Waals surface area contributed by atoms with Crippen molar-refractivity contribution in [2.24, 2.45) is 0 Å². The molecule has 33 heavy (non-hydrogen) atoms. The number of carbonyl (C=O) groups is 1. The molecule has 1 aromatic heterocycles. The van der Waals surface area contributed by atoms with Crippen molar-refractivity contribution in [3.05, 3.63) is 108 Å². The Kier molecular flexibility index (Phi) is 5.18. The summed E-state index contributed by atoms with van der Waals surface area (Å²) in [6, 6.07) is 19.8. The summed E-state index contributed by atoms with van der Waals surface area (Å²) >= 11 is 0. The van der Waals surface area contributed by atoms with Gasteiger partial charge in [-0.1, -0.05) is 47.6 Å². The number of para-hydroxylation sites is 1. The number of nitrogens with zero attached hydrogens (tertiary/aromatic N) is 3. The number of nitrogens with one attached hydrogen (secondary N) is 1. The Bertz CT molecular complexity index is 1350. The largest absolute Gasteiger partial charge is 0.334 e. The smallest absolute Gasteiger partial charge is 0.326 e. The van der Waals surface area contributed by atoms with E-state index < -0.39 is 11.9 Å². The van der Waals surface area contributed by atoms with Crippen LogP contribution >= 0.6 is 0 Å². The number of amides is 2. The molecule has 0 fully saturated rings. The Morgan fingerprint density at radius 2 is 1.70 bits per heavy atom. The first-order valence-corrected chi connectivity index (χ1v) is 10.2. The third kappa shape index (κ3) is 3.87. The molecule has 2 heterocycles. The monoisotopic (exact) mass is 444 g/mol. The van der Waals surface area contributed by atoms with Gasteiger partial charge in [0.25, 0.3) is 5.89 Å². The molecule has 5 rings (SSSR count). The predicted molar refractivity (Wildman–Crippen MR) is 119 cm³/mol. The van der Waals surface area contributed by atoms with Gasteiger partial charge in [-0.3, -0.25) is 4.90 Å². The van der Waals surface area contributed by atoms with Gasteiger partial charge in [0.1, 0.15) is 11.6 Å². The van der Waals surface area contributed by atoms with Crippen molar-refractivity contribution in [1.82, 2.24) is 15.5 Å². The van der Waals surface area contributed by atoms with Crippen molar-refractivity contribution in [2.45, 2.75) is 13.0 Å². The van der Waals surface area contributed by atoms with Crippen LogP contribution in [0.15, 0.2) is 89.1 Å². The number of allylic oxidation sites excluding steroid dienone is 1. The van der Waals surface area contributed by atoms with Crippen LogP contribution in [-0.4, -0.2) is 16.2 Å². The van der Waals surface area contributed by atoms with Crippen LogP contribution in [0.2, 0.25) is 0 Å². The van der Waals surface area contributed by atoms with Crippen molar-refractivity contribution in [2.75, 3.05) is 4.90 Å². The molecule has 1 N–H and O–H groups in total. The van der Waals surface area contributed by atoms with Gasteiger partial charge in [-0.25, -0.2) is 13.6 Å². The highest BCUT2D eigenvalue weighted by Gasteiger charge is 2.36. The molecular formula is C25H18F2N4O2. The van der Waals surface area contributed by atoms with Crippen molar-refractivity contribution in [1.29, 1.82) is 0 Å². The second-order valence-electron chi connectivity index (χ2n) is 7.54. The molecule has 1 atom stereocenters. The Labute approximate surface area is 188 Å². The lowest BCUT2D eigenvalue weighted by Crippen LogP contribution is -2.46. The first-order valence-electron chi connectivity index (χ1n) is 10.2. The van der Waals surface area contributed by atoms with E-state index >= 15 is 0 Å². The fraction of sp³-hybridized carbons (Fsp3) is 0.0800. The third-order valence-corrected chi connectivity index (χ3v) is 5.44. The molecule has 1 unspecified atom stereocenters. The number of benzene rings is 3. The van der Waals surface area contributed by atoms with Crippen molar-refractivity contribution < 1.29 is 18.1 Å². The summed E-state index contributed by atoms with van der Waals surface area (Å²) in [6.07, 6.45) is 0. The van der Waals surface area contributed by atoms with Gasteiger partial charge in [-0.15, -0.1) is 0 Å². The highest BCUT2D eigenvalue weighted by molar-refractivity contribution is 6.01. The van der Waals surface area contributed by atoms with E-state index in [0.29, 0.717) is 28.1 Å². The average molecular weight is 444 g/mol. The van der Waals surface area contributed by atoms with Gasteiger partial charge in [0.15, 0.2) is 0 Å². The van der Waals surface area contributed by atoms with Gasteiger partial charge in [0.2, 0.25) is 5.82 Å². The molecule has 3 aromatic carbocycles. The summed E-state index contributed by atoms with van der Waals surface area (Å²) in [6.45, 7) is 1.78. The van der Waals surface area contributed by atoms with Crippen molar-refractivity contribution in [3.8, 4) is 11.4 Å². The van der Waals surface area contributed by atoms with Crippen molar-refractivity contribution >= 4 is 17.3 Å². The molecule has 0 saturated carbocycles. The number of hydrogen-bond acceptors (Lipinski definition) is 4.